The molecule has 0 spiro atoms. The van der Waals surface area contributed by atoms with Crippen molar-refractivity contribution in [3.63, 3.8) is 0 Å². The first-order valence-electron chi connectivity index (χ1n) is 9.29. The van der Waals surface area contributed by atoms with Gasteiger partial charge in [-0.05, 0) is 58.7 Å². The summed E-state index contributed by atoms with van der Waals surface area (Å²) in [5.74, 6) is 1.94. The fourth-order valence-corrected chi connectivity index (χ4v) is 4.13. The van der Waals surface area contributed by atoms with Crippen LogP contribution in [0.3, 0.4) is 0 Å². The number of phenols is 1. The largest absolute Gasteiger partial charge is 0.507 e. The zero-order chi connectivity index (χ0) is 16.8. The number of fused-ring (bicyclic) bond motifs is 1. The molecule has 3 aliphatic carbocycles. The van der Waals surface area contributed by atoms with Crippen LogP contribution in [0.2, 0.25) is 0 Å². The van der Waals surface area contributed by atoms with E-state index in [4.69, 9.17) is 0 Å². The second-order valence-electron chi connectivity index (χ2n) is 7.54. The van der Waals surface area contributed by atoms with Crippen molar-refractivity contribution in [2.45, 2.75) is 31.6 Å². The van der Waals surface area contributed by atoms with Gasteiger partial charge in [0.1, 0.15) is 5.75 Å². The van der Waals surface area contributed by atoms with Gasteiger partial charge in [-0.3, -0.25) is 0 Å². The van der Waals surface area contributed by atoms with Crippen LogP contribution in [0.15, 0.2) is 60.7 Å². The normalized spacial score (nSPS) is 21.2. The number of benzene rings is 2. The van der Waals surface area contributed by atoms with Crippen LogP contribution in [0, 0.1) is 5.92 Å². The van der Waals surface area contributed by atoms with Gasteiger partial charge >= 0.3 is 0 Å². The lowest BCUT2D eigenvalue weighted by atomic mass is 9.93. The van der Waals surface area contributed by atoms with Gasteiger partial charge < -0.3 is 5.11 Å². The van der Waals surface area contributed by atoms with Crippen LogP contribution in [0.1, 0.15) is 53.9 Å². The maximum atomic E-state index is 10.1. The third-order valence-electron chi connectivity index (χ3n) is 5.74. The molecule has 1 N–H and O–H groups in total. The minimum atomic E-state index is 0.353. The second kappa shape index (κ2) is 5.77. The van der Waals surface area contributed by atoms with Gasteiger partial charge in [0.2, 0.25) is 0 Å². The molecule has 0 aromatic heterocycles. The van der Waals surface area contributed by atoms with E-state index >= 15 is 0 Å². The Labute approximate surface area is 149 Å². The van der Waals surface area contributed by atoms with Gasteiger partial charge in [0.05, 0.1) is 0 Å². The van der Waals surface area contributed by atoms with E-state index < -0.39 is 0 Å². The van der Waals surface area contributed by atoms with E-state index in [1.54, 1.807) is 6.07 Å². The van der Waals surface area contributed by atoms with Crippen molar-refractivity contribution in [1.82, 2.24) is 0 Å². The molecule has 1 fully saturated rings. The molecule has 2 aromatic rings. The molecule has 1 atom stereocenters. The van der Waals surface area contributed by atoms with Gasteiger partial charge in [0.25, 0.3) is 0 Å². The lowest BCUT2D eigenvalue weighted by molar-refractivity contribution is 0.474. The molecule has 1 nitrogen and oxygen atoms in total. The van der Waals surface area contributed by atoms with Crippen LogP contribution in [0.4, 0.5) is 0 Å². The fraction of sp³-hybridized carbons (Fsp3) is 0.250. The first-order chi connectivity index (χ1) is 12.3. The molecule has 0 saturated heterocycles. The summed E-state index contributed by atoms with van der Waals surface area (Å²) in [4.78, 5) is 0. The summed E-state index contributed by atoms with van der Waals surface area (Å²) in [7, 11) is 0. The fourth-order valence-electron chi connectivity index (χ4n) is 4.13. The van der Waals surface area contributed by atoms with Crippen molar-refractivity contribution in [3.05, 3.63) is 82.9 Å². The van der Waals surface area contributed by atoms with Gasteiger partial charge in [-0.2, -0.15) is 0 Å². The quantitative estimate of drug-likeness (QED) is 0.712. The van der Waals surface area contributed by atoms with E-state index in [2.05, 4.69) is 42.5 Å². The molecule has 1 unspecified atom stereocenters. The van der Waals surface area contributed by atoms with Gasteiger partial charge in [-0.1, -0.05) is 67.5 Å². The summed E-state index contributed by atoms with van der Waals surface area (Å²) in [5.41, 5.74) is 7.57. The van der Waals surface area contributed by atoms with Gasteiger partial charge in [-0.15, -0.1) is 0 Å². The van der Waals surface area contributed by atoms with Crippen LogP contribution in [-0.4, -0.2) is 5.11 Å². The predicted molar refractivity (Wildman–Crippen MR) is 104 cm³/mol. The highest BCUT2D eigenvalue weighted by Gasteiger charge is 2.28. The molecular weight excluding hydrogens is 304 g/mol. The van der Waals surface area contributed by atoms with Crippen molar-refractivity contribution in [1.29, 1.82) is 0 Å². The Bertz CT molecular complexity index is 925. The third-order valence-corrected chi connectivity index (χ3v) is 5.74. The first kappa shape index (κ1) is 14.8. The second-order valence-corrected chi connectivity index (χ2v) is 7.54. The van der Waals surface area contributed by atoms with E-state index in [0.29, 0.717) is 11.7 Å². The van der Waals surface area contributed by atoms with Crippen LogP contribution in [0.5, 0.6) is 5.75 Å². The number of allylic oxidation sites excluding steroid dienone is 5. The van der Waals surface area contributed by atoms with Crippen molar-refractivity contribution < 1.29 is 5.11 Å². The summed E-state index contributed by atoms with van der Waals surface area (Å²) >= 11 is 0. The molecule has 25 heavy (non-hydrogen) atoms. The van der Waals surface area contributed by atoms with Crippen LogP contribution in [-0.2, 0) is 0 Å². The third kappa shape index (κ3) is 2.74. The summed E-state index contributed by atoms with van der Waals surface area (Å²) in [6, 6.07) is 14.5. The molecule has 0 radical (unpaired) electrons. The molecule has 1 heteroatoms. The average molecular weight is 326 g/mol. The number of aromatic hydroxyl groups is 1. The van der Waals surface area contributed by atoms with Crippen molar-refractivity contribution in [2.24, 2.45) is 5.92 Å². The summed E-state index contributed by atoms with van der Waals surface area (Å²) < 4.78 is 0. The molecule has 2 aromatic carbocycles. The molecule has 0 aliphatic heterocycles. The topological polar surface area (TPSA) is 20.2 Å². The molecule has 124 valence electrons. The van der Waals surface area contributed by atoms with E-state index in [0.717, 1.165) is 23.5 Å². The standard InChI is InChI=1S/C24H22O/c25-24-4-2-1-3-23(24)21-8-7-17(15-21)18-11-12-22-19(13-16-5-6-16)9-10-20(22)14-18/h1-4,8-12,14-16,19,25H,5-7,13H2. The maximum Gasteiger partial charge on any atom is 0.123 e. The lowest BCUT2D eigenvalue weighted by Gasteiger charge is -2.12. The summed E-state index contributed by atoms with van der Waals surface area (Å²) in [6.07, 6.45) is 14.2. The molecule has 3 aliphatic rings. The minimum Gasteiger partial charge on any atom is -0.507 e. The highest BCUT2D eigenvalue weighted by atomic mass is 16.3. The Balaban J connectivity index is 1.41. The highest BCUT2D eigenvalue weighted by molar-refractivity contribution is 5.91. The first-order valence-corrected chi connectivity index (χ1v) is 9.29. The number of rotatable bonds is 4. The molecule has 1 saturated carbocycles. The van der Waals surface area contributed by atoms with E-state index in [1.807, 2.05) is 18.2 Å². The van der Waals surface area contributed by atoms with Crippen molar-refractivity contribution in [3.8, 4) is 5.75 Å². The van der Waals surface area contributed by atoms with Crippen LogP contribution in [0.25, 0.3) is 17.2 Å². The molecular formula is C24H22O. The molecule has 0 heterocycles. The summed E-state index contributed by atoms with van der Waals surface area (Å²) in [6.45, 7) is 0. The number of hydrogen-bond acceptors (Lipinski definition) is 1. The number of para-hydroxylation sites is 1. The van der Waals surface area contributed by atoms with Gasteiger partial charge in [-0.25, -0.2) is 0 Å². The van der Waals surface area contributed by atoms with Gasteiger partial charge in [0, 0.05) is 11.5 Å². The Morgan fingerprint density at radius 3 is 2.76 bits per heavy atom. The monoisotopic (exact) mass is 326 g/mol. The minimum absolute atomic E-state index is 0.353. The molecule has 0 amide bonds. The molecule has 0 bridgehead atoms. The van der Waals surface area contributed by atoms with Gasteiger partial charge in [0.15, 0.2) is 0 Å². The Morgan fingerprint density at radius 2 is 1.92 bits per heavy atom. The number of phenolic OH excluding ortho intramolecular Hbond substituents is 1. The maximum absolute atomic E-state index is 10.1. The van der Waals surface area contributed by atoms with E-state index in [-0.39, 0.29) is 0 Å². The zero-order valence-electron chi connectivity index (χ0n) is 14.3. The van der Waals surface area contributed by atoms with Crippen LogP contribution < -0.4 is 0 Å². The lowest BCUT2D eigenvalue weighted by Crippen LogP contribution is -1.95. The van der Waals surface area contributed by atoms with Crippen molar-refractivity contribution in [2.75, 3.05) is 0 Å². The zero-order valence-corrected chi connectivity index (χ0v) is 14.3. The van der Waals surface area contributed by atoms with E-state index in [9.17, 15) is 5.11 Å². The highest BCUT2D eigenvalue weighted by Crippen LogP contribution is 2.44. The van der Waals surface area contributed by atoms with Crippen molar-refractivity contribution >= 4 is 17.2 Å². The van der Waals surface area contributed by atoms with Crippen LogP contribution >= 0.6 is 0 Å². The average Bonchev–Trinajstić information content (AvgIpc) is 3.16. The Kier molecular flexibility index (Phi) is 3.41. The Morgan fingerprint density at radius 1 is 1.04 bits per heavy atom. The smallest absolute Gasteiger partial charge is 0.123 e. The molecule has 5 rings (SSSR count). The Hall–Kier alpha value is -2.54. The predicted octanol–water partition coefficient (Wildman–Crippen LogP) is 6.17. The van der Waals surface area contributed by atoms with E-state index in [1.165, 1.54) is 41.5 Å². The number of hydrogen-bond donors (Lipinski definition) is 1. The summed E-state index contributed by atoms with van der Waals surface area (Å²) in [5, 5.41) is 10.1. The SMILES string of the molecule is Oc1ccccc1C1=CCC(c2ccc3c(c2)C=CC3CC2CC2)=C1.